The lowest BCUT2D eigenvalue weighted by molar-refractivity contribution is 1.08. The molecule has 0 aliphatic carbocycles. The van der Waals surface area contributed by atoms with E-state index in [9.17, 15) is 0 Å². The summed E-state index contributed by atoms with van der Waals surface area (Å²) in [7, 11) is 0. The molecule has 0 aliphatic rings. The molecule has 0 radical (unpaired) electrons. The van der Waals surface area contributed by atoms with Gasteiger partial charge in [0.15, 0.2) is 0 Å². The van der Waals surface area contributed by atoms with Crippen LogP contribution in [-0.2, 0) is 0 Å². The minimum absolute atomic E-state index is 0.902. The molecule has 0 amide bonds. The number of H-pyrrole nitrogens is 1. The van der Waals surface area contributed by atoms with Crippen LogP contribution in [-0.4, -0.2) is 20.2 Å². The molecule has 17 heavy (non-hydrogen) atoms. The lowest BCUT2D eigenvalue weighted by atomic mass is 10.1. The molecule has 0 aliphatic heterocycles. The highest BCUT2D eigenvalue weighted by atomic mass is 15.1. The van der Waals surface area contributed by atoms with Crippen LogP contribution < -0.4 is 0 Å². The predicted molar refractivity (Wildman–Crippen MR) is 67.1 cm³/mol. The molecule has 4 nitrogen and oxygen atoms in total. The summed E-state index contributed by atoms with van der Waals surface area (Å²) in [5.41, 5.74) is 3.88. The van der Waals surface area contributed by atoms with E-state index in [1.165, 1.54) is 0 Å². The van der Waals surface area contributed by atoms with Crippen LogP contribution in [0.25, 0.3) is 23.2 Å². The Kier molecular flexibility index (Phi) is 2.38. The molecule has 82 valence electrons. The first-order valence-electron chi connectivity index (χ1n) is 5.30. The maximum atomic E-state index is 4.27. The van der Waals surface area contributed by atoms with Crippen molar-refractivity contribution >= 4 is 23.2 Å². The summed E-state index contributed by atoms with van der Waals surface area (Å²) in [6.45, 7) is 0. The third-order valence-electron chi connectivity index (χ3n) is 2.47. The molecule has 0 saturated heterocycles. The quantitative estimate of drug-likeness (QED) is 0.724. The van der Waals surface area contributed by atoms with Crippen molar-refractivity contribution in [2.45, 2.75) is 0 Å². The smallest absolute Gasteiger partial charge is 0.0892 e. The molecule has 4 heteroatoms. The van der Waals surface area contributed by atoms with E-state index in [0.717, 1.165) is 22.3 Å². The molecule has 3 rings (SSSR count). The summed E-state index contributed by atoms with van der Waals surface area (Å²) in [4.78, 5) is 8.50. The fraction of sp³-hybridized carbons (Fsp3) is 0. The second-order valence-corrected chi connectivity index (χ2v) is 3.65. The molecular weight excluding hydrogens is 212 g/mol. The number of hydrogen-bond acceptors (Lipinski definition) is 3. The number of nitrogens with zero attached hydrogens (tertiary/aromatic N) is 3. The number of nitrogens with one attached hydrogen (secondary N) is 1. The summed E-state index contributed by atoms with van der Waals surface area (Å²) < 4.78 is 0. The highest BCUT2D eigenvalue weighted by molar-refractivity contribution is 5.79. The zero-order valence-electron chi connectivity index (χ0n) is 9.04. The van der Waals surface area contributed by atoms with E-state index in [4.69, 9.17) is 0 Å². The molecule has 1 aromatic carbocycles. The largest absolute Gasteiger partial charge is 0.278 e. The summed E-state index contributed by atoms with van der Waals surface area (Å²) in [6.07, 6.45) is 9.12. The van der Waals surface area contributed by atoms with E-state index in [1.54, 1.807) is 18.6 Å². The molecule has 0 fully saturated rings. The maximum Gasteiger partial charge on any atom is 0.0892 e. The van der Waals surface area contributed by atoms with Gasteiger partial charge in [-0.15, -0.1) is 0 Å². The zero-order chi connectivity index (χ0) is 11.5. The molecule has 0 saturated carbocycles. The van der Waals surface area contributed by atoms with Crippen LogP contribution in [0.2, 0.25) is 0 Å². The molecule has 2 heterocycles. The van der Waals surface area contributed by atoms with Crippen molar-refractivity contribution in [3.05, 3.63) is 54.1 Å². The molecular formula is C13H10N4. The third kappa shape index (κ3) is 2.06. The second kappa shape index (κ2) is 4.17. The highest BCUT2D eigenvalue weighted by Crippen LogP contribution is 2.13. The topological polar surface area (TPSA) is 54.5 Å². The van der Waals surface area contributed by atoms with Crippen LogP contribution in [0, 0.1) is 0 Å². The molecule has 1 N–H and O–H groups in total. The number of aromatic nitrogens is 4. The molecule has 0 atom stereocenters. The SMILES string of the molecule is C(=C\c1ccn[nH]1)/c1ccc2nccnc2c1. The van der Waals surface area contributed by atoms with Crippen LogP contribution in [0.15, 0.2) is 42.9 Å². The van der Waals surface area contributed by atoms with Crippen molar-refractivity contribution < 1.29 is 0 Å². The monoisotopic (exact) mass is 222 g/mol. The number of hydrogen-bond donors (Lipinski definition) is 1. The van der Waals surface area contributed by atoms with Gasteiger partial charge in [-0.2, -0.15) is 5.10 Å². The van der Waals surface area contributed by atoms with Gasteiger partial charge in [-0.3, -0.25) is 15.1 Å². The van der Waals surface area contributed by atoms with E-state index in [-0.39, 0.29) is 0 Å². The van der Waals surface area contributed by atoms with E-state index in [2.05, 4.69) is 20.2 Å². The highest BCUT2D eigenvalue weighted by Gasteiger charge is 1.95. The van der Waals surface area contributed by atoms with Crippen molar-refractivity contribution in [1.82, 2.24) is 20.2 Å². The van der Waals surface area contributed by atoms with Crippen LogP contribution in [0.3, 0.4) is 0 Å². The molecule has 0 bridgehead atoms. The third-order valence-corrected chi connectivity index (χ3v) is 2.47. The fourth-order valence-electron chi connectivity index (χ4n) is 1.63. The van der Waals surface area contributed by atoms with Crippen molar-refractivity contribution in [3.63, 3.8) is 0 Å². The van der Waals surface area contributed by atoms with Crippen LogP contribution in [0.4, 0.5) is 0 Å². The predicted octanol–water partition coefficient (Wildman–Crippen LogP) is 2.52. The Bertz CT molecular complexity index is 656. The van der Waals surface area contributed by atoms with Gasteiger partial charge in [-0.05, 0) is 29.8 Å². The van der Waals surface area contributed by atoms with Gasteiger partial charge in [0.1, 0.15) is 0 Å². The molecule has 2 aromatic heterocycles. The first-order chi connectivity index (χ1) is 8.42. The lowest BCUT2D eigenvalue weighted by Crippen LogP contribution is -1.82. The zero-order valence-corrected chi connectivity index (χ0v) is 9.04. The van der Waals surface area contributed by atoms with Crippen LogP contribution in [0.5, 0.6) is 0 Å². The molecule has 0 spiro atoms. The summed E-state index contributed by atoms with van der Waals surface area (Å²) in [6, 6.07) is 7.91. The minimum atomic E-state index is 0.902. The average Bonchev–Trinajstić information content (AvgIpc) is 2.89. The van der Waals surface area contributed by atoms with Crippen LogP contribution in [0.1, 0.15) is 11.3 Å². The van der Waals surface area contributed by atoms with Gasteiger partial charge in [-0.25, -0.2) is 0 Å². The number of fused-ring (bicyclic) bond motifs is 1. The van der Waals surface area contributed by atoms with Crippen molar-refractivity contribution in [2.24, 2.45) is 0 Å². The maximum absolute atomic E-state index is 4.27. The van der Waals surface area contributed by atoms with E-state index in [0.29, 0.717) is 0 Å². The second-order valence-electron chi connectivity index (χ2n) is 3.65. The summed E-state index contributed by atoms with van der Waals surface area (Å²) >= 11 is 0. The minimum Gasteiger partial charge on any atom is -0.278 e. The van der Waals surface area contributed by atoms with Gasteiger partial charge in [0, 0.05) is 18.6 Å². The normalized spacial score (nSPS) is 11.3. The Morgan fingerprint density at radius 3 is 2.59 bits per heavy atom. The van der Waals surface area contributed by atoms with Gasteiger partial charge in [0.2, 0.25) is 0 Å². The summed E-state index contributed by atoms with van der Waals surface area (Å²) in [5.74, 6) is 0. The fourth-order valence-corrected chi connectivity index (χ4v) is 1.63. The Hall–Kier alpha value is -2.49. The van der Waals surface area contributed by atoms with E-state index < -0.39 is 0 Å². The number of rotatable bonds is 2. The van der Waals surface area contributed by atoms with Gasteiger partial charge in [0.25, 0.3) is 0 Å². The number of aromatic amines is 1. The Balaban J connectivity index is 1.96. The van der Waals surface area contributed by atoms with E-state index >= 15 is 0 Å². The Labute approximate surface area is 98.0 Å². The van der Waals surface area contributed by atoms with Crippen molar-refractivity contribution in [2.75, 3.05) is 0 Å². The van der Waals surface area contributed by atoms with Gasteiger partial charge in [-0.1, -0.05) is 12.1 Å². The molecule has 3 aromatic rings. The van der Waals surface area contributed by atoms with Gasteiger partial charge < -0.3 is 0 Å². The van der Waals surface area contributed by atoms with Crippen LogP contribution >= 0.6 is 0 Å². The first kappa shape index (κ1) is 9.72. The van der Waals surface area contributed by atoms with Gasteiger partial charge in [0.05, 0.1) is 16.7 Å². The van der Waals surface area contributed by atoms with Crippen molar-refractivity contribution in [1.29, 1.82) is 0 Å². The first-order valence-corrected chi connectivity index (χ1v) is 5.30. The summed E-state index contributed by atoms with van der Waals surface area (Å²) in [5, 5.41) is 6.77. The average molecular weight is 222 g/mol. The molecule has 0 unspecified atom stereocenters. The Morgan fingerprint density at radius 1 is 0.882 bits per heavy atom. The van der Waals surface area contributed by atoms with Crippen molar-refractivity contribution in [3.8, 4) is 0 Å². The standard InChI is InChI=1S/C13H10N4/c1(3-11-5-6-16-17-11)10-2-4-12-13(9-10)15-8-7-14-12/h1-9H,(H,16,17)/b3-1+. The van der Waals surface area contributed by atoms with E-state index in [1.807, 2.05) is 36.4 Å². The lowest BCUT2D eigenvalue weighted by Gasteiger charge is -1.97. The van der Waals surface area contributed by atoms with Gasteiger partial charge >= 0.3 is 0 Å². The Morgan fingerprint density at radius 2 is 1.76 bits per heavy atom. The number of benzene rings is 1.